The van der Waals surface area contributed by atoms with Crippen LogP contribution in [0, 0.1) is 20.8 Å². The predicted octanol–water partition coefficient (Wildman–Crippen LogP) is 1.46. The summed E-state index contributed by atoms with van der Waals surface area (Å²) in [5.41, 5.74) is 8.87. The molecule has 0 spiro atoms. The molecule has 0 heterocycles. The molecule has 0 aromatic heterocycles. The number of carbonyl (C=O) groups excluding carboxylic acids is 1. The molecule has 0 fully saturated rings. The maximum atomic E-state index is 11.2. The molecule has 18 heavy (non-hydrogen) atoms. The van der Waals surface area contributed by atoms with E-state index in [1.54, 1.807) is 0 Å². The minimum Gasteiger partial charge on any atom is -0.491 e. The van der Waals surface area contributed by atoms with E-state index in [1.165, 1.54) is 11.1 Å². The smallest absolute Gasteiger partial charge is 0.221 e. The zero-order chi connectivity index (χ0) is 13.5. The van der Waals surface area contributed by atoms with Crippen molar-refractivity contribution in [2.45, 2.75) is 27.2 Å². The van der Waals surface area contributed by atoms with Gasteiger partial charge in [-0.05, 0) is 43.5 Å². The molecule has 3 N–H and O–H groups in total. The Kier molecular flexibility index (Phi) is 5.65. The Morgan fingerprint density at radius 2 is 1.89 bits per heavy atom. The minimum atomic E-state index is -0.0297. The quantitative estimate of drug-likeness (QED) is 0.751. The number of hydrogen-bond acceptors (Lipinski definition) is 3. The van der Waals surface area contributed by atoms with Crippen molar-refractivity contribution in [3.05, 3.63) is 28.8 Å². The monoisotopic (exact) mass is 250 g/mol. The van der Waals surface area contributed by atoms with Gasteiger partial charge in [-0.15, -0.1) is 0 Å². The highest BCUT2D eigenvalue weighted by molar-refractivity contribution is 5.75. The molecular formula is C14H22N2O2. The van der Waals surface area contributed by atoms with Gasteiger partial charge in [0.2, 0.25) is 5.91 Å². The van der Waals surface area contributed by atoms with Crippen LogP contribution in [0.3, 0.4) is 0 Å². The van der Waals surface area contributed by atoms with Crippen LogP contribution in [-0.4, -0.2) is 25.6 Å². The molecule has 4 nitrogen and oxygen atoms in total. The molecule has 1 amide bonds. The van der Waals surface area contributed by atoms with Crippen LogP contribution in [0.1, 0.15) is 23.1 Å². The van der Waals surface area contributed by atoms with Crippen molar-refractivity contribution < 1.29 is 9.53 Å². The van der Waals surface area contributed by atoms with Crippen molar-refractivity contribution in [3.8, 4) is 5.75 Å². The Morgan fingerprint density at radius 1 is 1.22 bits per heavy atom. The lowest BCUT2D eigenvalue weighted by molar-refractivity contribution is -0.120. The molecule has 0 saturated heterocycles. The molecule has 0 aliphatic heterocycles. The Bertz CT molecular complexity index is 417. The van der Waals surface area contributed by atoms with Crippen LogP contribution >= 0.6 is 0 Å². The highest BCUT2D eigenvalue weighted by atomic mass is 16.5. The fraction of sp³-hybridized carbons (Fsp3) is 0.500. The second kappa shape index (κ2) is 7.01. The maximum Gasteiger partial charge on any atom is 0.221 e. The van der Waals surface area contributed by atoms with E-state index in [4.69, 9.17) is 10.5 Å². The zero-order valence-corrected chi connectivity index (χ0v) is 11.4. The number of nitrogens with two attached hydrogens (primary N) is 1. The fourth-order valence-electron chi connectivity index (χ4n) is 1.66. The van der Waals surface area contributed by atoms with Crippen LogP contribution in [0.4, 0.5) is 0 Å². The lowest BCUT2D eigenvalue weighted by atomic mass is 10.1. The summed E-state index contributed by atoms with van der Waals surface area (Å²) < 4.78 is 5.66. The van der Waals surface area contributed by atoms with E-state index in [9.17, 15) is 4.79 Å². The molecule has 0 saturated carbocycles. The average Bonchev–Trinajstić information content (AvgIpc) is 2.31. The van der Waals surface area contributed by atoms with Crippen molar-refractivity contribution in [2.75, 3.05) is 19.7 Å². The summed E-state index contributed by atoms with van der Waals surface area (Å²) in [5, 5.41) is 2.76. The van der Waals surface area contributed by atoms with Crippen LogP contribution in [0.5, 0.6) is 5.75 Å². The number of carbonyl (C=O) groups is 1. The third-order valence-corrected chi connectivity index (χ3v) is 2.84. The summed E-state index contributed by atoms with van der Waals surface area (Å²) in [5.74, 6) is 0.851. The lowest BCUT2D eigenvalue weighted by Crippen LogP contribution is -2.29. The van der Waals surface area contributed by atoms with E-state index in [1.807, 2.05) is 13.0 Å². The third kappa shape index (κ3) is 4.37. The standard InChI is InChI=1S/C14H22N2O2/c1-10-8-12(3)13(9-11(10)2)18-7-6-16-14(17)4-5-15/h8-9H,4-7,15H2,1-3H3,(H,16,17). The first kappa shape index (κ1) is 14.5. The van der Waals surface area contributed by atoms with E-state index in [2.05, 4.69) is 25.2 Å². The molecule has 1 aromatic carbocycles. The normalized spacial score (nSPS) is 10.2. The Balaban J connectivity index is 2.40. The summed E-state index contributed by atoms with van der Waals surface area (Å²) >= 11 is 0. The van der Waals surface area contributed by atoms with Crippen LogP contribution in [0.25, 0.3) is 0 Å². The highest BCUT2D eigenvalue weighted by Crippen LogP contribution is 2.22. The van der Waals surface area contributed by atoms with Gasteiger partial charge in [0.05, 0.1) is 6.54 Å². The summed E-state index contributed by atoms with van der Waals surface area (Å²) in [6.45, 7) is 7.52. The van der Waals surface area contributed by atoms with Crippen LogP contribution in [0.2, 0.25) is 0 Å². The van der Waals surface area contributed by atoms with Gasteiger partial charge in [-0.1, -0.05) is 6.07 Å². The van der Waals surface area contributed by atoms with Gasteiger partial charge >= 0.3 is 0 Å². The SMILES string of the molecule is Cc1cc(C)c(OCCNC(=O)CCN)cc1C. The number of aryl methyl sites for hydroxylation is 3. The second-order valence-electron chi connectivity index (χ2n) is 4.44. The van der Waals surface area contributed by atoms with E-state index in [-0.39, 0.29) is 5.91 Å². The van der Waals surface area contributed by atoms with Crippen molar-refractivity contribution in [2.24, 2.45) is 5.73 Å². The Hall–Kier alpha value is -1.55. The summed E-state index contributed by atoms with van der Waals surface area (Å²) in [7, 11) is 0. The maximum absolute atomic E-state index is 11.2. The molecular weight excluding hydrogens is 228 g/mol. The van der Waals surface area contributed by atoms with E-state index < -0.39 is 0 Å². The van der Waals surface area contributed by atoms with Gasteiger partial charge in [0.15, 0.2) is 0 Å². The van der Waals surface area contributed by atoms with Gasteiger partial charge in [0, 0.05) is 13.0 Å². The van der Waals surface area contributed by atoms with Crippen molar-refractivity contribution >= 4 is 5.91 Å². The molecule has 0 atom stereocenters. The largest absolute Gasteiger partial charge is 0.491 e. The number of benzene rings is 1. The Labute approximate surface area is 109 Å². The van der Waals surface area contributed by atoms with Crippen LogP contribution < -0.4 is 15.8 Å². The average molecular weight is 250 g/mol. The van der Waals surface area contributed by atoms with Crippen LogP contribution in [0.15, 0.2) is 12.1 Å². The second-order valence-corrected chi connectivity index (χ2v) is 4.44. The number of ether oxygens (including phenoxy) is 1. The number of amides is 1. The Morgan fingerprint density at radius 3 is 2.56 bits per heavy atom. The number of rotatable bonds is 6. The van der Waals surface area contributed by atoms with E-state index >= 15 is 0 Å². The van der Waals surface area contributed by atoms with Gasteiger partial charge in [0.25, 0.3) is 0 Å². The molecule has 4 heteroatoms. The van der Waals surface area contributed by atoms with Gasteiger partial charge in [-0.25, -0.2) is 0 Å². The van der Waals surface area contributed by atoms with Crippen molar-refractivity contribution in [1.82, 2.24) is 5.32 Å². The lowest BCUT2D eigenvalue weighted by Gasteiger charge is -2.12. The fourth-order valence-corrected chi connectivity index (χ4v) is 1.66. The van der Waals surface area contributed by atoms with Gasteiger partial charge < -0.3 is 15.8 Å². The molecule has 0 radical (unpaired) electrons. The summed E-state index contributed by atoms with van der Waals surface area (Å²) in [6.07, 6.45) is 0.364. The molecule has 0 bridgehead atoms. The number of hydrogen-bond donors (Lipinski definition) is 2. The predicted molar refractivity (Wildman–Crippen MR) is 72.8 cm³/mol. The topological polar surface area (TPSA) is 64.3 Å². The summed E-state index contributed by atoms with van der Waals surface area (Å²) in [6, 6.07) is 4.14. The minimum absolute atomic E-state index is 0.0297. The van der Waals surface area contributed by atoms with Crippen molar-refractivity contribution in [1.29, 1.82) is 0 Å². The van der Waals surface area contributed by atoms with E-state index in [0.717, 1.165) is 11.3 Å². The van der Waals surface area contributed by atoms with Gasteiger partial charge in [-0.2, -0.15) is 0 Å². The molecule has 0 aliphatic carbocycles. The molecule has 0 unspecified atom stereocenters. The highest BCUT2D eigenvalue weighted by Gasteiger charge is 2.03. The number of nitrogens with one attached hydrogen (secondary N) is 1. The molecule has 100 valence electrons. The molecule has 1 rings (SSSR count). The first-order chi connectivity index (χ1) is 8.54. The first-order valence-corrected chi connectivity index (χ1v) is 6.22. The van der Waals surface area contributed by atoms with Crippen molar-refractivity contribution in [3.63, 3.8) is 0 Å². The molecule has 0 aliphatic rings. The zero-order valence-electron chi connectivity index (χ0n) is 11.4. The first-order valence-electron chi connectivity index (χ1n) is 6.22. The summed E-state index contributed by atoms with van der Waals surface area (Å²) in [4.78, 5) is 11.2. The van der Waals surface area contributed by atoms with Crippen LogP contribution in [-0.2, 0) is 4.79 Å². The van der Waals surface area contributed by atoms with Gasteiger partial charge in [0.1, 0.15) is 12.4 Å². The molecule has 1 aromatic rings. The van der Waals surface area contributed by atoms with Gasteiger partial charge in [-0.3, -0.25) is 4.79 Å². The third-order valence-electron chi connectivity index (χ3n) is 2.84. The van der Waals surface area contributed by atoms with E-state index in [0.29, 0.717) is 26.1 Å².